The van der Waals surface area contributed by atoms with Gasteiger partial charge in [0.2, 0.25) is 0 Å². The largest absolute Gasteiger partial charge is 0.503 e. The second kappa shape index (κ2) is 6.84. The van der Waals surface area contributed by atoms with E-state index in [1.54, 1.807) is 12.1 Å². The van der Waals surface area contributed by atoms with E-state index in [9.17, 15) is 9.90 Å². The van der Waals surface area contributed by atoms with Crippen LogP contribution in [0.1, 0.15) is 10.4 Å². The van der Waals surface area contributed by atoms with Gasteiger partial charge in [0.1, 0.15) is 15.8 Å². The molecule has 2 aromatic rings. The van der Waals surface area contributed by atoms with E-state index in [1.807, 2.05) is 0 Å². The summed E-state index contributed by atoms with van der Waals surface area (Å²) in [4.78, 5) is 12.1. The number of rotatable bonds is 3. The van der Waals surface area contributed by atoms with Gasteiger partial charge in [-0.05, 0) is 24.3 Å². The number of halogens is 4. The molecular formula is C14H8Cl4O4. The first-order chi connectivity index (χ1) is 10.4. The number of hydrogen-bond acceptors (Lipinski definition) is 4. The minimum atomic E-state index is -0.755. The summed E-state index contributed by atoms with van der Waals surface area (Å²) in [6, 6.07) is 6.15. The lowest BCUT2D eigenvalue weighted by molar-refractivity contribution is 0.0730. The van der Waals surface area contributed by atoms with Gasteiger partial charge in [-0.2, -0.15) is 0 Å². The van der Waals surface area contributed by atoms with Crippen LogP contribution in [0.15, 0.2) is 24.3 Å². The summed E-state index contributed by atoms with van der Waals surface area (Å²) in [5, 5.41) is 9.19. The molecule has 0 radical (unpaired) electrons. The Bertz CT molecular complexity index is 700. The highest BCUT2D eigenvalue weighted by Gasteiger charge is 2.23. The van der Waals surface area contributed by atoms with E-state index in [-0.39, 0.29) is 31.4 Å². The molecule has 0 fully saturated rings. The molecule has 0 aromatic heterocycles. The molecule has 8 heteroatoms. The van der Waals surface area contributed by atoms with E-state index in [0.717, 1.165) is 0 Å². The first kappa shape index (κ1) is 17.0. The smallest absolute Gasteiger partial charge is 0.343 e. The van der Waals surface area contributed by atoms with Gasteiger partial charge in [-0.15, -0.1) is 0 Å². The van der Waals surface area contributed by atoms with Crippen LogP contribution < -0.4 is 9.47 Å². The van der Waals surface area contributed by atoms with Crippen molar-refractivity contribution in [1.29, 1.82) is 0 Å². The maximum Gasteiger partial charge on any atom is 0.343 e. The Labute approximate surface area is 146 Å². The molecule has 0 heterocycles. The van der Waals surface area contributed by atoms with Gasteiger partial charge in [0.15, 0.2) is 11.5 Å². The first-order valence-electron chi connectivity index (χ1n) is 5.78. The average Bonchev–Trinajstić information content (AvgIpc) is 2.55. The Kier molecular flexibility index (Phi) is 5.29. The third kappa shape index (κ3) is 3.20. The third-order valence-electron chi connectivity index (χ3n) is 2.72. The number of phenols is 1. The molecule has 0 bridgehead atoms. The predicted molar refractivity (Wildman–Crippen MR) is 86.1 cm³/mol. The molecule has 1 N–H and O–H groups in total. The third-order valence-corrected chi connectivity index (χ3v) is 4.50. The lowest BCUT2D eigenvalue weighted by Gasteiger charge is -2.12. The molecular weight excluding hydrogens is 374 g/mol. The molecule has 2 aromatic carbocycles. The molecule has 116 valence electrons. The Balaban J connectivity index is 2.36. The normalized spacial score (nSPS) is 10.4. The van der Waals surface area contributed by atoms with E-state index in [0.29, 0.717) is 5.75 Å². The number of carbonyl (C=O) groups is 1. The van der Waals surface area contributed by atoms with Gasteiger partial charge in [0.05, 0.1) is 22.7 Å². The number of phenolic OH excluding ortho intramolecular Hbond substituents is 1. The topological polar surface area (TPSA) is 55.8 Å². The fourth-order valence-electron chi connectivity index (χ4n) is 1.57. The molecule has 0 aliphatic carbocycles. The Morgan fingerprint density at radius 1 is 0.955 bits per heavy atom. The van der Waals surface area contributed by atoms with Crippen molar-refractivity contribution < 1.29 is 19.4 Å². The fourth-order valence-corrected chi connectivity index (χ4v) is 2.44. The van der Waals surface area contributed by atoms with Gasteiger partial charge in [-0.25, -0.2) is 4.79 Å². The summed E-state index contributed by atoms with van der Waals surface area (Å²) < 4.78 is 10.1. The summed E-state index contributed by atoms with van der Waals surface area (Å²) >= 11 is 23.4. The summed E-state index contributed by atoms with van der Waals surface area (Å²) in [7, 11) is 1.50. The van der Waals surface area contributed by atoms with Crippen LogP contribution >= 0.6 is 46.4 Å². The lowest BCUT2D eigenvalue weighted by atomic mass is 10.2. The van der Waals surface area contributed by atoms with E-state index in [4.69, 9.17) is 55.9 Å². The van der Waals surface area contributed by atoms with Crippen LogP contribution in [0.25, 0.3) is 0 Å². The zero-order valence-electron chi connectivity index (χ0n) is 11.0. The number of carbonyl (C=O) groups excluding carboxylic acids is 1. The average molecular weight is 382 g/mol. The van der Waals surface area contributed by atoms with Crippen molar-refractivity contribution in [3.8, 4) is 17.2 Å². The molecule has 0 saturated carbocycles. The lowest BCUT2D eigenvalue weighted by Crippen LogP contribution is -2.09. The Morgan fingerprint density at radius 2 is 1.50 bits per heavy atom. The number of aromatic hydroxyl groups is 1. The van der Waals surface area contributed by atoms with Crippen LogP contribution in [-0.4, -0.2) is 18.2 Å². The van der Waals surface area contributed by atoms with Crippen molar-refractivity contribution in [2.75, 3.05) is 7.11 Å². The molecule has 0 saturated heterocycles. The molecule has 0 aliphatic heterocycles. The fraction of sp³-hybridized carbons (Fsp3) is 0.0714. The monoisotopic (exact) mass is 380 g/mol. The molecule has 0 amide bonds. The molecule has 2 rings (SSSR count). The number of ether oxygens (including phenoxy) is 2. The minimum Gasteiger partial charge on any atom is -0.503 e. The minimum absolute atomic E-state index is 0.122. The number of hydrogen-bond donors (Lipinski definition) is 1. The SMILES string of the molecule is COc1ccc(C(=O)Oc2c(O)c(Cl)c(Cl)c(Cl)c2Cl)cc1. The second-order valence-corrected chi connectivity index (χ2v) is 5.56. The molecule has 0 atom stereocenters. The molecule has 22 heavy (non-hydrogen) atoms. The Hall–Kier alpha value is -1.33. The maximum atomic E-state index is 12.1. The van der Waals surface area contributed by atoms with E-state index in [1.165, 1.54) is 19.2 Å². The van der Waals surface area contributed by atoms with Gasteiger partial charge < -0.3 is 14.6 Å². The summed E-state index contributed by atoms with van der Waals surface area (Å²) in [6.45, 7) is 0. The highest BCUT2D eigenvalue weighted by molar-refractivity contribution is 6.53. The summed E-state index contributed by atoms with van der Waals surface area (Å²) in [5.74, 6) is -1.10. The molecule has 4 nitrogen and oxygen atoms in total. The van der Waals surface area contributed by atoms with Gasteiger partial charge >= 0.3 is 5.97 Å². The van der Waals surface area contributed by atoms with Gasteiger partial charge in [-0.1, -0.05) is 46.4 Å². The van der Waals surface area contributed by atoms with Crippen molar-refractivity contribution in [2.24, 2.45) is 0 Å². The quantitative estimate of drug-likeness (QED) is 0.342. The van der Waals surface area contributed by atoms with Crippen LogP contribution in [0.4, 0.5) is 0 Å². The van der Waals surface area contributed by atoms with E-state index < -0.39 is 11.7 Å². The van der Waals surface area contributed by atoms with Crippen LogP contribution in [0.5, 0.6) is 17.2 Å². The van der Waals surface area contributed by atoms with Crippen molar-refractivity contribution in [2.45, 2.75) is 0 Å². The highest BCUT2D eigenvalue weighted by atomic mass is 35.5. The van der Waals surface area contributed by atoms with Crippen LogP contribution in [0.3, 0.4) is 0 Å². The van der Waals surface area contributed by atoms with Crippen molar-refractivity contribution >= 4 is 52.4 Å². The summed E-state index contributed by atoms with van der Waals surface area (Å²) in [5.41, 5.74) is 0.221. The maximum absolute atomic E-state index is 12.1. The van der Waals surface area contributed by atoms with Crippen molar-refractivity contribution in [3.05, 3.63) is 49.9 Å². The number of benzene rings is 2. The van der Waals surface area contributed by atoms with Crippen LogP contribution in [0, 0.1) is 0 Å². The second-order valence-electron chi connectivity index (χ2n) is 4.05. The Morgan fingerprint density at radius 3 is 2.05 bits per heavy atom. The van der Waals surface area contributed by atoms with Gasteiger partial charge in [-0.3, -0.25) is 0 Å². The van der Waals surface area contributed by atoms with Crippen molar-refractivity contribution in [1.82, 2.24) is 0 Å². The number of methoxy groups -OCH3 is 1. The van der Waals surface area contributed by atoms with Crippen LogP contribution in [-0.2, 0) is 0 Å². The van der Waals surface area contributed by atoms with E-state index in [2.05, 4.69) is 0 Å². The standard InChI is InChI=1S/C14H8Cl4O4/c1-21-7-4-2-6(3-5-7)14(20)22-13-11(18)9(16)8(15)10(17)12(13)19/h2-5,19H,1H3. The van der Waals surface area contributed by atoms with Crippen LogP contribution in [0.2, 0.25) is 20.1 Å². The van der Waals surface area contributed by atoms with E-state index >= 15 is 0 Å². The molecule has 0 unspecified atom stereocenters. The molecule has 0 aliphatic rings. The molecule has 0 spiro atoms. The number of esters is 1. The first-order valence-corrected chi connectivity index (χ1v) is 7.29. The highest BCUT2D eigenvalue weighted by Crippen LogP contribution is 2.49. The van der Waals surface area contributed by atoms with Gasteiger partial charge in [0, 0.05) is 0 Å². The van der Waals surface area contributed by atoms with Gasteiger partial charge in [0.25, 0.3) is 0 Å². The predicted octanol–water partition coefficient (Wildman–Crippen LogP) is 5.23. The zero-order chi connectivity index (χ0) is 16.4. The summed E-state index contributed by atoms with van der Waals surface area (Å²) in [6.07, 6.45) is 0. The van der Waals surface area contributed by atoms with Crippen molar-refractivity contribution in [3.63, 3.8) is 0 Å². The zero-order valence-corrected chi connectivity index (χ0v) is 14.0.